The molecular formula is C18H20N2O5. The van der Waals surface area contributed by atoms with Crippen LogP contribution in [0.4, 0.5) is 4.79 Å². The molecule has 2 unspecified atom stereocenters. The number of rotatable bonds is 7. The molecule has 0 fully saturated rings. The molecule has 7 heteroatoms. The number of nitrogens with zero attached hydrogens (tertiary/aromatic N) is 1. The van der Waals surface area contributed by atoms with E-state index in [1.54, 1.807) is 0 Å². The van der Waals surface area contributed by atoms with E-state index >= 15 is 0 Å². The van der Waals surface area contributed by atoms with Gasteiger partial charge in [0.25, 0.3) is 0 Å². The first-order valence-corrected chi connectivity index (χ1v) is 7.74. The molecule has 1 amide bonds. The lowest BCUT2D eigenvalue weighted by molar-refractivity contribution is 0.0182. The smallest absolute Gasteiger partial charge is 0.407 e. The molecule has 3 N–H and O–H groups in total. The Balaban J connectivity index is 1.82. The molecule has 25 heavy (non-hydrogen) atoms. The second kappa shape index (κ2) is 8.91. The van der Waals surface area contributed by atoms with Gasteiger partial charge in [0.15, 0.2) is 5.78 Å². The Labute approximate surface area is 145 Å². The van der Waals surface area contributed by atoms with Crippen LogP contribution in [0.1, 0.15) is 34.5 Å². The van der Waals surface area contributed by atoms with Crippen molar-refractivity contribution >= 4 is 11.9 Å². The van der Waals surface area contributed by atoms with Gasteiger partial charge in [-0.1, -0.05) is 30.3 Å². The lowest BCUT2D eigenvalue weighted by Crippen LogP contribution is -2.35. The first-order valence-electron chi connectivity index (χ1n) is 7.74. The van der Waals surface area contributed by atoms with Crippen LogP contribution in [0.2, 0.25) is 0 Å². The average Bonchev–Trinajstić information content (AvgIpc) is 2.64. The summed E-state index contributed by atoms with van der Waals surface area (Å²) < 4.78 is 5.01. The lowest BCUT2D eigenvalue weighted by atomic mass is 10.0. The molecule has 2 aromatic rings. The van der Waals surface area contributed by atoms with E-state index < -0.39 is 18.3 Å². The Morgan fingerprint density at radius 3 is 2.60 bits per heavy atom. The number of ketones is 1. The molecular weight excluding hydrogens is 324 g/mol. The number of aliphatic hydroxyl groups excluding tert-OH is 2. The average molecular weight is 344 g/mol. The van der Waals surface area contributed by atoms with E-state index in [2.05, 4.69) is 10.3 Å². The van der Waals surface area contributed by atoms with E-state index in [0.29, 0.717) is 11.1 Å². The molecule has 0 bridgehead atoms. The van der Waals surface area contributed by atoms with Crippen LogP contribution in [0, 0.1) is 0 Å². The fraction of sp³-hybridized carbons (Fsp3) is 0.278. The van der Waals surface area contributed by atoms with Gasteiger partial charge in [-0.2, -0.15) is 0 Å². The van der Waals surface area contributed by atoms with Crippen LogP contribution >= 0.6 is 0 Å². The number of amides is 1. The third kappa shape index (κ3) is 5.66. The summed E-state index contributed by atoms with van der Waals surface area (Å²) in [6, 6.07) is 10.6. The Kier molecular flexibility index (Phi) is 6.62. The molecule has 1 aromatic carbocycles. The van der Waals surface area contributed by atoms with Gasteiger partial charge in [-0.05, 0) is 18.6 Å². The van der Waals surface area contributed by atoms with E-state index in [4.69, 9.17) is 4.74 Å². The van der Waals surface area contributed by atoms with Gasteiger partial charge in [-0.15, -0.1) is 0 Å². The molecule has 0 saturated heterocycles. The number of carbonyl (C=O) groups is 2. The van der Waals surface area contributed by atoms with Gasteiger partial charge in [0.05, 0.1) is 0 Å². The van der Waals surface area contributed by atoms with Crippen LogP contribution in [0.15, 0.2) is 48.8 Å². The summed E-state index contributed by atoms with van der Waals surface area (Å²) in [7, 11) is 0. The first kappa shape index (κ1) is 18.6. The van der Waals surface area contributed by atoms with Crippen molar-refractivity contribution < 1.29 is 24.5 Å². The molecule has 0 aliphatic heterocycles. The Bertz CT molecular complexity index is 720. The fourth-order valence-electron chi connectivity index (χ4n) is 2.11. The third-order valence-electron chi connectivity index (χ3n) is 3.54. The summed E-state index contributed by atoms with van der Waals surface area (Å²) in [6.07, 6.45) is -0.529. The number of hydrogen-bond donors (Lipinski definition) is 3. The van der Waals surface area contributed by atoms with Crippen LogP contribution < -0.4 is 5.32 Å². The number of pyridine rings is 1. The minimum atomic E-state index is -1.29. The largest absolute Gasteiger partial charge is 0.445 e. The molecule has 2 atom stereocenters. The van der Waals surface area contributed by atoms with Crippen molar-refractivity contribution in [3.05, 3.63) is 65.5 Å². The van der Waals surface area contributed by atoms with E-state index in [1.165, 1.54) is 25.4 Å². The van der Waals surface area contributed by atoms with E-state index in [-0.39, 0.29) is 18.9 Å². The second-order valence-corrected chi connectivity index (χ2v) is 5.52. The number of carbonyl (C=O) groups excluding carboxylic acids is 2. The fourth-order valence-corrected chi connectivity index (χ4v) is 2.11. The topological polar surface area (TPSA) is 109 Å². The van der Waals surface area contributed by atoms with E-state index in [1.807, 2.05) is 30.3 Å². The monoisotopic (exact) mass is 344 g/mol. The van der Waals surface area contributed by atoms with Crippen LogP contribution in [0.5, 0.6) is 0 Å². The number of aromatic nitrogens is 1. The highest BCUT2D eigenvalue weighted by Crippen LogP contribution is 2.17. The number of hydrogen-bond acceptors (Lipinski definition) is 6. The Hall–Kier alpha value is -2.77. The molecule has 0 spiro atoms. The van der Waals surface area contributed by atoms with Gasteiger partial charge in [0, 0.05) is 30.1 Å². The molecule has 1 aromatic heterocycles. The maximum Gasteiger partial charge on any atom is 0.407 e. The van der Waals surface area contributed by atoms with Crippen LogP contribution in [0.3, 0.4) is 0 Å². The summed E-state index contributed by atoms with van der Waals surface area (Å²) >= 11 is 0. The first-order chi connectivity index (χ1) is 12.0. The van der Waals surface area contributed by atoms with Crippen LogP contribution in [-0.2, 0) is 11.3 Å². The predicted molar refractivity (Wildman–Crippen MR) is 89.8 cm³/mol. The van der Waals surface area contributed by atoms with Gasteiger partial charge in [0.2, 0.25) is 0 Å². The van der Waals surface area contributed by atoms with Gasteiger partial charge in [-0.3, -0.25) is 9.78 Å². The van der Waals surface area contributed by atoms with Crippen molar-refractivity contribution in [2.24, 2.45) is 0 Å². The minimum Gasteiger partial charge on any atom is -0.445 e. The standard InChI is InChI=1S/C18H20N2O5/c1-12(21)14-7-15(9-19-8-14)17(23)16(22)10-20-18(24)25-11-13-5-3-2-4-6-13/h2-9,16-17,22-23H,10-11H2,1H3,(H,20,24). The highest BCUT2D eigenvalue weighted by Gasteiger charge is 2.20. The van der Waals surface area contributed by atoms with E-state index in [9.17, 15) is 19.8 Å². The predicted octanol–water partition coefficient (Wildman–Crippen LogP) is 1.60. The zero-order valence-corrected chi connectivity index (χ0v) is 13.8. The quantitative estimate of drug-likeness (QED) is 0.659. The normalized spacial score (nSPS) is 12.9. The summed E-state index contributed by atoms with van der Waals surface area (Å²) in [5, 5.41) is 22.5. The number of Topliss-reactive ketones (excluding diaryl/α,β-unsaturated/α-hetero) is 1. The third-order valence-corrected chi connectivity index (χ3v) is 3.54. The molecule has 0 aliphatic carbocycles. The maximum absolute atomic E-state index is 11.6. The van der Waals surface area contributed by atoms with Crippen LogP contribution in [0.25, 0.3) is 0 Å². The molecule has 1 heterocycles. The Morgan fingerprint density at radius 2 is 1.92 bits per heavy atom. The maximum atomic E-state index is 11.6. The zero-order chi connectivity index (χ0) is 18.2. The molecule has 2 rings (SSSR count). The van der Waals surface area contributed by atoms with Crippen molar-refractivity contribution in [2.75, 3.05) is 6.54 Å². The summed E-state index contributed by atoms with van der Waals surface area (Å²) in [5.41, 5.74) is 1.46. The SMILES string of the molecule is CC(=O)c1cncc(C(O)C(O)CNC(=O)OCc2ccccc2)c1. The molecule has 0 aliphatic rings. The van der Waals surface area contributed by atoms with Crippen molar-refractivity contribution in [2.45, 2.75) is 25.7 Å². The Morgan fingerprint density at radius 1 is 1.20 bits per heavy atom. The number of benzene rings is 1. The molecule has 132 valence electrons. The number of aliphatic hydroxyl groups is 2. The van der Waals surface area contributed by atoms with Gasteiger partial charge in [-0.25, -0.2) is 4.79 Å². The summed E-state index contributed by atoms with van der Waals surface area (Å²) in [4.78, 5) is 26.8. The molecule has 0 saturated carbocycles. The van der Waals surface area contributed by atoms with Crippen molar-refractivity contribution in [1.29, 1.82) is 0 Å². The number of ether oxygens (including phenoxy) is 1. The second-order valence-electron chi connectivity index (χ2n) is 5.52. The number of nitrogens with one attached hydrogen (secondary N) is 1. The molecule has 0 radical (unpaired) electrons. The van der Waals surface area contributed by atoms with Gasteiger partial charge < -0.3 is 20.3 Å². The lowest BCUT2D eigenvalue weighted by Gasteiger charge is -2.18. The van der Waals surface area contributed by atoms with Gasteiger partial charge >= 0.3 is 6.09 Å². The van der Waals surface area contributed by atoms with Gasteiger partial charge in [0.1, 0.15) is 18.8 Å². The van der Waals surface area contributed by atoms with Crippen molar-refractivity contribution in [3.63, 3.8) is 0 Å². The van der Waals surface area contributed by atoms with Crippen molar-refractivity contribution in [1.82, 2.24) is 10.3 Å². The highest BCUT2D eigenvalue weighted by molar-refractivity contribution is 5.93. The van der Waals surface area contributed by atoms with Crippen molar-refractivity contribution in [3.8, 4) is 0 Å². The van der Waals surface area contributed by atoms with Crippen LogP contribution in [-0.4, -0.2) is 39.7 Å². The summed E-state index contributed by atoms with van der Waals surface area (Å²) in [5.74, 6) is -0.196. The molecule has 7 nitrogen and oxygen atoms in total. The number of alkyl carbamates (subject to hydrolysis) is 1. The highest BCUT2D eigenvalue weighted by atomic mass is 16.5. The zero-order valence-electron chi connectivity index (χ0n) is 13.8. The minimum absolute atomic E-state index is 0.107. The summed E-state index contributed by atoms with van der Waals surface area (Å²) in [6.45, 7) is 1.28. The van der Waals surface area contributed by atoms with E-state index in [0.717, 1.165) is 5.56 Å².